The van der Waals surface area contributed by atoms with Gasteiger partial charge in [0.05, 0.1) is 34.8 Å². The van der Waals surface area contributed by atoms with Crippen molar-refractivity contribution in [3.8, 4) is 16.3 Å². The Balaban J connectivity index is 1.54. The first-order valence-corrected chi connectivity index (χ1v) is 10.9. The Hall–Kier alpha value is -2.79. The molecule has 0 spiro atoms. The molecule has 3 heterocycles. The Morgan fingerprint density at radius 1 is 1.32 bits per heavy atom. The van der Waals surface area contributed by atoms with Crippen molar-refractivity contribution in [2.24, 2.45) is 0 Å². The Kier molecular flexibility index (Phi) is 6.62. The highest BCUT2D eigenvalue weighted by molar-refractivity contribution is 7.15. The van der Waals surface area contributed by atoms with Crippen LogP contribution in [0.2, 0.25) is 0 Å². The monoisotopic (exact) mass is 442 g/mol. The van der Waals surface area contributed by atoms with Crippen LogP contribution >= 0.6 is 11.3 Å². The average molecular weight is 443 g/mol. The molecule has 3 aromatic rings. The molecule has 2 N–H and O–H groups in total. The summed E-state index contributed by atoms with van der Waals surface area (Å²) in [6, 6.07) is 9.34. The lowest BCUT2D eigenvalue weighted by atomic mass is 10.2. The van der Waals surface area contributed by atoms with E-state index in [9.17, 15) is 4.79 Å². The largest absolute Gasteiger partial charge is 0.383 e. The second-order valence-electron chi connectivity index (χ2n) is 7.29. The van der Waals surface area contributed by atoms with E-state index in [4.69, 9.17) is 14.7 Å². The minimum absolute atomic E-state index is 0.103. The van der Waals surface area contributed by atoms with Crippen molar-refractivity contribution in [1.82, 2.24) is 25.1 Å². The van der Waals surface area contributed by atoms with Crippen molar-refractivity contribution in [3.05, 3.63) is 47.1 Å². The molecular weight excluding hydrogens is 416 g/mol. The highest BCUT2D eigenvalue weighted by atomic mass is 32.1. The second-order valence-corrected chi connectivity index (χ2v) is 8.52. The lowest BCUT2D eigenvalue weighted by molar-refractivity contribution is -0.118. The number of thiazole rings is 1. The third-order valence-corrected chi connectivity index (χ3v) is 5.89. The van der Waals surface area contributed by atoms with Gasteiger partial charge in [-0.3, -0.25) is 10.2 Å². The fraction of sp³-hybridized carbons (Fsp3) is 0.381. The van der Waals surface area contributed by atoms with Crippen molar-refractivity contribution >= 4 is 23.2 Å². The van der Waals surface area contributed by atoms with Crippen LogP contribution in [0.5, 0.6) is 0 Å². The van der Waals surface area contributed by atoms with Gasteiger partial charge >= 0.3 is 6.03 Å². The molecular formula is C21H26N6O3S. The zero-order chi connectivity index (χ0) is 21.8. The molecule has 1 atom stereocenters. The zero-order valence-electron chi connectivity index (χ0n) is 17.8. The molecule has 4 rings (SSSR count). The van der Waals surface area contributed by atoms with Crippen LogP contribution in [0.1, 0.15) is 10.6 Å². The number of hydrogen-bond acceptors (Lipinski definition) is 7. The number of para-hydroxylation sites is 1. The second kappa shape index (κ2) is 9.56. The number of urea groups is 1. The summed E-state index contributed by atoms with van der Waals surface area (Å²) in [4.78, 5) is 23.7. The van der Waals surface area contributed by atoms with Gasteiger partial charge < -0.3 is 10.1 Å². The molecule has 10 heteroatoms. The minimum atomic E-state index is -0.297. The number of hydroxylamine groups is 2. The summed E-state index contributed by atoms with van der Waals surface area (Å²) in [5, 5.41) is 13.5. The molecule has 9 nitrogen and oxygen atoms in total. The smallest absolute Gasteiger partial charge is 0.320 e. The number of hydrogen-bond donors (Lipinski definition) is 2. The normalized spacial score (nSPS) is 16.5. The van der Waals surface area contributed by atoms with Gasteiger partial charge in [0.25, 0.3) is 0 Å². The molecule has 31 heavy (non-hydrogen) atoms. The Labute approximate surface area is 184 Å². The maximum absolute atomic E-state index is 12.8. The number of carbonyl (C=O) groups is 1. The third kappa shape index (κ3) is 4.93. The third-order valence-electron chi connectivity index (χ3n) is 4.97. The van der Waals surface area contributed by atoms with E-state index in [0.717, 1.165) is 26.8 Å². The number of aryl methyl sites for hydroxylation is 1. The summed E-state index contributed by atoms with van der Waals surface area (Å²) in [5.41, 5.74) is 2.55. The molecule has 0 unspecified atom stereocenters. The fourth-order valence-electron chi connectivity index (χ4n) is 3.42. The fourth-order valence-corrected chi connectivity index (χ4v) is 4.24. The van der Waals surface area contributed by atoms with Crippen LogP contribution in [0.3, 0.4) is 0 Å². The summed E-state index contributed by atoms with van der Waals surface area (Å²) < 4.78 is 6.83. The van der Waals surface area contributed by atoms with Crippen molar-refractivity contribution in [2.75, 3.05) is 38.7 Å². The van der Waals surface area contributed by atoms with Gasteiger partial charge in [-0.15, -0.1) is 11.3 Å². The molecule has 0 aliphatic carbocycles. The van der Waals surface area contributed by atoms with Gasteiger partial charge in [-0.25, -0.2) is 14.5 Å². The van der Waals surface area contributed by atoms with E-state index in [0.29, 0.717) is 32.1 Å². The Morgan fingerprint density at radius 3 is 2.84 bits per heavy atom. The van der Waals surface area contributed by atoms with Crippen LogP contribution in [0.4, 0.5) is 10.6 Å². The van der Waals surface area contributed by atoms with Gasteiger partial charge in [-0.2, -0.15) is 10.2 Å². The van der Waals surface area contributed by atoms with Gasteiger partial charge in [0, 0.05) is 32.0 Å². The van der Waals surface area contributed by atoms with E-state index in [1.54, 1.807) is 28.2 Å². The molecule has 2 amide bonds. The van der Waals surface area contributed by atoms with Crippen LogP contribution in [-0.2, 0) is 9.57 Å². The first kappa shape index (κ1) is 21.4. The van der Waals surface area contributed by atoms with Crippen molar-refractivity contribution in [3.63, 3.8) is 0 Å². The number of methoxy groups -OCH3 is 1. The lowest BCUT2D eigenvalue weighted by Gasteiger charge is -2.15. The van der Waals surface area contributed by atoms with Crippen molar-refractivity contribution < 1.29 is 14.4 Å². The maximum Gasteiger partial charge on any atom is 0.320 e. The maximum atomic E-state index is 12.8. The molecule has 2 aromatic heterocycles. The van der Waals surface area contributed by atoms with Crippen LogP contribution in [0, 0.1) is 13.8 Å². The van der Waals surface area contributed by atoms with Gasteiger partial charge in [-0.1, -0.05) is 18.2 Å². The van der Waals surface area contributed by atoms with E-state index in [1.807, 2.05) is 50.4 Å². The Bertz CT molecular complexity index is 1040. The molecule has 1 aliphatic rings. The Morgan fingerprint density at radius 2 is 2.13 bits per heavy atom. The standard InChI is InChI=1S/C21H26N6O3S/c1-14-19(18-11-22-15(2)31-18)25-27(17-7-5-4-6-8-17)20(14)24-21(28)23-16-12-26(30-13-16)9-10-29-3/h4-8,11,16H,9-10,12-13H2,1-3H3,(H2,23,24,28)/t16-/m1/s1. The van der Waals surface area contributed by atoms with Gasteiger partial charge in [-0.05, 0) is 26.0 Å². The molecule has 0 saturated carbocycles. The number of anilines is 1. The number of aromatic nitrogens is 3. The van der Waals surface area contributed by atoms with Crippen molar-refractivity contribution in [2.45, 2.75) is 19.9 Å². The first-order chi connectivity index (χ1) is 15.0. The molecule has 1 aromatic carbocycles. The van der Waals surface area contributed by atoms with Crippen LogP contribution in [0.15, 0.2) is 36.5 Å². The summed E-state index contributed by atoms with van der Waals surface area (Å²) in [6.45, 7) is 6.20. The predicted molar refractivity (Wildman–Crippen MR) is 119 cm³/mol. The molecule has 0 radical (unpaired) electrons. The van der Waals surface area contributed by atoms with Crippen LogP contribution in [-0.4, -0.2) is 65.3 Å². The van der Waals surface area contributed by atoms with E-state index < -0.39 is 0 Å². The number of benzene rings is 1. The van der Waals surface area contributed by atoms with Gasteiger partial charge in [0.1, 0.15) is 11.5 Å². The SMILES string of the molecule is COCCN1C[C@@H](NC(=O)Nc2c(C)c(-c3cnc(C)s3)nn2-c2ccccc2)CO1. The average Bonchev–Trinajstić information content (AvgIpc) is 3.47. The van der Waals surface area contributed by atoms with Crippen molar-refractivity contribution in [1.29, 1.82) is 0 Å². The number of ether oxygens (including phenoxy) is 1. The summed E-state index contributed by atoms with van der Waals surface area (Å²) >= 11 is 1.58. The summed E-state index contributed by atoms with van der Waals surface area (Å²) in [7, 11) is 1.65. The van der Waals surface area contributed by atoms with Crippen LogP contribution < -0.4 is 10.6 Å². The number of amides is 2. The van der Waals surface area contributed by atoms with E-state index in [1.165, 1.54) is 0 Å². The van der Waals surface area contributed by atoms with E-state index in [-0.39, 0.29) is 12.1 Å². The first-order valence-electron chi connectivity index (χ1n) is 10.1. The highest BCUT2D eigenvalue weighted by Gasteiger charge is 2.26. The number of carbonyl (C=O) groups excluding carboxylic acids is 1. The topological polar surface area (TPSA) is 93.5 Å². The van der Waals surface area contributed by atoms with Gasteiger partial charge in [0.15, 0.2) is 0 Å². The number of nitrogens with zero attached hydrogens (tertiary/aromatic N) is 4. The number of nitrogens with one attached hydrogen (secondary N) is 2. The lowest BCUT2D eigenvalue weighted by Crippen LogP contribution is -2.41. The quantitative estimate of drug-likeness (QED) is 0.584. The molecule has 164 valence electrons. The summed E-state index contributed by atoms with van der Waals surface area (Å²) in [5.74, 6) is 0.625. The number of rotatable bonds is 7. The zero-order valence-corrected chi connectivity index (χ0v) is 18.6. The van der Waals surface area contributed by atoms with E-state index in [2.05, 4.69) is 15.6 Å². The highest BCUT2D eigenvalue weighted by Crippen LogP contribution is 2.33. The minimum Gasteiger partial charge on any atom is -0.383 e. The molecule has 1 aliphatic heterocycles. The van der Waals surface area contributed by atoms with Crippen LogP contribution in [0.25, 0.3) is 16.3 Å². The molecule has 1 fully saturated rings. The van der Waals surface area contributed by atoms with E-state index >= 15 is 0 Å². The molecule has 1 saturated heterocycles. The predicted octanol–water partition coefficient (Wildman–Crippen LogP) is 3.00. The van der Waals surface area contributed by atoms with Gasteiger partial charge in [0.2, 0.25) is 0 Å². The molecule has 0 bridgehead atoms. The summed E-state index contributed by atoms with van der Waals surface area (Å²) in [6.07, 6.45) is 1.82.